The largest absolute Gasteiger partial charge is 0.465 e. The molecule has 1 atom stereocenters. The summed E-state index contributed by atoms with van der Waals surface area (Å²) in [5.41, 5.74) is -0.407. The van der Waals surface area contributed by atoms with Crippen molar-refractivity contribution < 1.29 is 14.7 Å². The van der Waals surface area contributed by atoms with Gasteiger partial charge in [-0.15, -0.1) is 0 Å². The molecule has 0 spiro atoms. The number of carbonyl (C=O) groups is 2. The van der Waals surface area contributed by atoms with Gasteiger partial charge in [0, 0.05) is 5.54 Å². The number of amides is 1. The molecule has 1 aliphatic rings. The molecule has 0 aromatic carbocycles. The number of rotatable bonds is 1. The minimum atomic E-state index is -0.998. The average molecular weight is 185 g/mol. The Kier molecular flexibility index (Phi) is 2.59. The summed E-state index contributed by atoms with van der Waals surface area (Å²) in [6.07, 6.45) is 2.12. The molecule has 1 amide bonds. The van der Waals surface area contributed by atoms with E-state index in [2.05, 4.69) is 0 Å². The van der Waals surface area contributed by atoms with Crippen LogP contribution in [0.4, 0.5) is 4.79 Å². The molecule has 4 nitrogen and oxygen atoms in total. The molecule has 1 aliphatic heterocycles. The second-order valence-corrected chi connectivity index (χ2v) is 4.06. The maximum Gasteiger partial charge on any atom is 0.408 e. The highest BCUT2D eigenvalue weighted by Gasteiger charge is 2.39. The fraction of sp³-hybridized carbons (Fsp3) is 0.778. The Morgan fingerprint density at radius 3 is 2.62 bits per heavy atom. The van der Waals surface area contributed by atoms with E-state index in [0.29, 0.717) is 6.42 Å². The fourth-order valence-corrected chi connectivity index (χ4v) is 1.97. The number of likely N-dealkylation sites (tertiary alicyclic amines) is 1. The first-order chi connectivity index (χ1) is 5.99. The van der Waals surface area contributed by atoms with Gasteiger partial charge in [-0.05, 0) is 33.1 Å². The summed E-state index contributed by atoms with van der Waals surface area (Å²) in [5.74, 6) is 0. The Morgan fingerprint density at radius 2 is 2.23 bits per heavy atom. The lowest BCUT2D eigenvalue weighted by Crippen LogP contribution is -2.56. The van der Waals surface area contributed by atoms with Crippen molar-refractivity contribution >= 4 is 12.4 Å². The van der Waals surface area contributed by atoms with Crippen molar-refractivity contribution in [2.45, 2.75) is 44.7 Å². The minimum absolute atomic E-state index is 0.407. The summed E-state index contributed by atoms with van der Waals surface area (Å²) in [5, 5.41) is 8.94. The molecule has 13 heavy (non-hydrogen) atoms. The molecule has 0 bridgehead atoms. The van der Waals surface area contributed by atoms with E-state index in [4.69, 9.17) is 5.11 Å². The van der Waals surface area contributed by atoms with Gasteiger partial charge in [0.1, 0.15) is 6.29 Å². The molecule has 0 aliphatic carbocycles. The van der Waals surface area contributed by atoms with Gasteiger partial charge in [0.2, 0.25) is 0 Å². The van der Waals surface area contributed by atoms with Crippen LogP contribution >= 0.6 is 0 Å². The molecule has 0 aromatic heterocycles. The highest BCUT2D eigenvalue weighted by Crippen LogP contribution is 2.30. The van der Waals surface area contributed by atoms with Gasteiger partial charge in [-0.2, -0.15) is 0 Å². The summed E-state index contributed by atoms with van der Waals surface area (Å²) in [7, 11) is 0. The number of hydrogen-bond donors (Lipinski definition) is 1. The van der Waals surface area contributed by atoms with Crippen molar-refractivity contribution in [2.75, 3.05) is 0 Å². The van der Waals surface area contributed by atoms with Gasteiger partial charge < -0.3 is 9.90 Å². The van der Waals surface area contributed by atoms with Crippen LogP contribution in [0.25, 0.3) is 0 Å². The first-order valence-electron chi connectivity index (χ1n) is 4.46. The predicted octanol–water partition coefficient (Wildman–Crippen LogP) is 1.50. The number of nitrogens with zero attached hydrogens (tertiary/aromatic N) is 1. The van der Waals surface area contributed by atoms with Crippen LogP contribution in [0.1, 0.15) is 33.1 Å². The van der Waals surface area contributed by atoms with E-state index in [9.17, 15) is 9.59 Å². The number of hydrogen-bond acceptors (Lipinski definition) is 2. The molecule has 0 saturated carbocycles. The lowest BCUT2D eigenvalue weighted by Gasteiger charge is -2.43. The Labute approximate surface area is 77.5 Å². The van der Waals surface area contributed by atoms with Crippen molar-refractivity contribution in [3.05, 3.63) is 0 Å². The van der Waals surface area contributed by atoms with E-state index in [1.807, 2.05) is 13.8 Å². The Hall–Kier alpha value is -1.06. The van der Waals surface area contributed by atoms with Crippen molar-refractivity contribution in [3.63, 3.8) is 0 Å². The second kappa shape index (κ2) is 3.36. The molecular weight excluding hydrogens is 170 g/mol. The zero-order valence-corrected chi connectivity index (χ0v) is 7.99. The molecular formula is C9H15NO3. The maximum atomic E-state index is 10.9. The average Bonchev–Trinajstić information content (AvgIpc) is 2.01. The maximum absolute atomic E-state index is 10.9. The number of carboxylic acid groups (broad SMARTS) is 1. The quantitative estimate of drug-likeness (QED) is 0.630. The molecule has 4 heteroatoms. The normalized spacial score (nSPS) is 26.9. The SMILES string of the molecule is CC1(C)CCC[C@H](C=O)N1C(=O)O. The zero-order valence-electron chi connectivity index (χ0n) is 7.99. The third-order valence-corrected chi connectivity index (χ3v) is 2.64. The van der Waals surface area contributed by atoms with Crippen molar-refractivity contribution in [2.24, 2.45) is 0 Å². The molecule has 1 heterocycles. The molecule has 1 N–H and O–H groups in total. The highest BCUT2D eigenvalue weighted by molar-refractivity contribution is 5.73. The third-order valence-electron chi connectivity index (χ3n) is 2.64. The van der Waals surface area contributed by atoms with Crippen LogP contribution in [0.2, 0.25) is 0 Å². The predicted molar refractivity (Wildman–Crippen MR) is 47.6 cm³/mol. The van der Waals surface area contributed by atoms with E-state index < -0.39 is 17.7 Å². The Balaban J connectivity index is 2.89. The van der Waals surface area contributed by atoms with Crippen molar-refractivity contribution in [1.82, 2.24) is 4.90 Å². The minimum Gasteiger partial charge on any atom is -0.465 e. The number of carbonyl (C=O) groups excluding carboxylic acids is 1. The third kappa shape index (κ3) is 1.82. The van der Waals surface area contributed by atoms with Gasteiger partial charge in [-0.1, -0.05) is 0 Å². The standard InChI is InChI=1S/C9H15NO3/c1-9(2)5-3-4-7(6-11)10(9)8(12)13/h6-7H,3-5H2,1-2H3,(H,12,13)/t7-/m1/s1. The van der Waals surface area contributed by atoms with E-state index in [-0.39, 0.29) is 0 Å². The highest BCUT2D eigenvalue weighted by atomic mass is 16.4. The second-order valence-electron chi connectivity index (χ2n) is 4.06. The molecule has 1 fully saturated rings. The molecule has 0 aromatic rings. The van der Waals surface area contributed by atoms with Crippen molar-refractivity contribution in [3.8, 4) is 0 Å². The van der Waals surface area contributed by atoms with Crippen LogP contribution in [0.15, 0.2) is 0 Å². The molecule has 1 saturated heterocycles. The summed E-state index contributed by atoms with van der Waals surface area (Å²) in [6, 6.07) is -0.457. The Morgan fingerprint density at radius 1 is 1.62 bits per heavy atom. The topological polar surface area (TPSA) is 57.6 Å². The first kappa shape index (κ1) is 10.0. The van der Waals surface area contributed by atoms with Crippen LogP contribution < -0.4 is 0 Å². The van der Waals surface area contributed by atoms with E-state index in [1.54, 1.807) is 0 Å². The van der Waals surface area contributed by atoms with E-state index in [0.717, 1.165) is 19.1 Å². The van der Waals surface area contributed by atoms with Gasteiger partial charge in [-0.3, -0.25) is 4.90 Å². The lowest BCUT2D eigenvalue weighted by atomic mass is 9.87. The first-order valence-corrected chi connectivity index (χ1v) is 4.46. The smallest absolute Gasteiger partial charge is 0.408 e. The van der Waals surface area contributed by atoms with E-state index in [1.165, 1.54) is 4.90 Å². The van der Waals surface area contributed by atoms with Crippen molar-refractivity contribution in [1.29, 1.82) is 0 Å². The summed E-state index contributed by atoms with van der Waals surface area (Å²) >= 11 is 0. The van der Waals surface area contributed by atoms with Crippen LogP contribution in [0.3, 0.4) is 0 Å². The van der Waals surface area contributed by atoms with Crippen LogP contribution in [0, 0.1) is 0 Å². The van der Waals surface area contributed by atoms with Gasteiger partial charge in [-0.25, -0.2) is 4.79 Å². The molecule has 1 rings (SSSR count). The molecule has 0 unspecified atom stereocenters. The number of piperidine rings is 1. The van der Waals surface area contributed by atoms with E-state index >= 15 is 0 Å². The lowest BCUT2D eigenvalue weighted by molar-refractivity contribution is -0.115. The van der Waals surface area contributed by atoms with Gasteiger partial charge in [0.15, 0.2) is 0 Å². The monoisotopic (exact) mass is 185 g/mol. The summed E-state index contributed by atoms with van der Waals surface area (Å²) in [6.45, 7) is 3.72. The molecule has 0 radical (unpaired) electrons. The number of aldehydes is 1. The van der Waals surface area contributed by atoms with Gasteiger partial charge in [0.25, 0.3) is 0 Å². The molecule has 74 valence electrons. The zero-order chi connectivity index (χ0) is 10.1. The Bertz CT molecular complexity index is 225. The summed E-state index contributed by atoms with van der Waals surface area (Å²) < 4.78 is 0. The van der Waals surface area contributed by atoms with Gasteiger partial charge >= 0.3 is 6.09 Å². The van der Waals surface area contributed by atoms with Crippen LogP contribution in [-0.4, -0.2) is 34.0 Å². The fourth-order valence-electron chi connectivity index (χ4n) is 1.97. The summed E-state index contributed by atoms with van der Waals surface area (Å²) in [4.78, 5) is 22.8. The van der Waals surface area contributed by atoms with Crippen LogP contribution in [-0.2, 0) is 4.79 Å². The van der Waals surface area contributed by atoms with Gasteiger partial charge in [0.05, 0.1) is 6.04 Å². The van der Waals surface area contributed by atoms with Crippen LogP contribution in [0.5, 0.6) is 0 Å².